The van der Waals surface area contributed by atoms with Crippen LogP contribution in [-0.2, 0) is 11.2 Å². The lowest BCUT2D eigenvalue weighted by atomic mass is 10.1. The molecule has 0 bridgehead atoms. The molecular formula is C10H16NO2P. The molecule has 78 valence electrons. The molecule has 0 fully saturated rings. The predicted octanol–water partition coefficient (Wildman–Crippen LogP) is 0.960. The van der Waals surface area contributed by atoms with Gasteiger partial charge in [-0.15, -0.1) is 0 Å². The van der Waals surface area contributed by atoms with Crippen molar-refractivity contribution in [2.75, 3.05) is 7.05 Å². The molecule has 0 aromatic heterocycles. The van der Waals surface area contributed by atoms with Gasteiger partial charge in [-0.2, -0.15) is 9.90 Å². The molecule has 1 aromatic carbocycles. The van der Waals surface area contributed by atoms with Gasteiger partial charge in [0.1, 0.15) is 6.04 Å². The van der Waals surface area contributed by atoms with Crippen LogP contribution >= 0.6 is 9.90 Å². The summed E-state index contributed by atoms with van der Waals surface area (Å²) in [6, 6.07) is 9.08. The smallest absolute Gasteiger partial charge is 0.321 e. The first-order valence-corrected chi connectivity index (χ1v) is 4.18. The van der Waals surface area contributed by atoms with Crippen molar-refractivity contribution in [1.82, 2.24) is 5.32 Å². The first kappa shape index (κ1) is 13.1. The number of likely N-dealkylation sites (N-methyl/N-ethyl adjacent to an activating group) is 1. The van der Waals surface area contributed by atoms with Gasteiger partial charge in [0.2, 0.25) is 0 Å². The van der Waals surface area contributed by atoms with Crippen molar-refractivity contribution in [1.29, 1.82) is 0 Å². The van der Waals surface area contributed by atoms with E-state index in [0.29, 0.717) is 6.42 Å². The lowest BCUT2D eigenvalue weighted by molar-refractivity contribution is -0.139. The number of hydrogen-bond donors (Lipinski definition) is 2. The van der Waals surface area contributed by atoms with Gasteiger partial charge in [0.05, 0.1) is 0 Å². The molecule has 4 heteroatoms. The Kier molecular flexibility index (Phi) is 6.09. The Balaban J connectivity index is 0.00000169. The molecule has 14 heavy (non-hydrogen) atoms. The highest BCUT2D eigenvalue weighted by atomic mass is 31.0. The van der Waals surface area contributed by atoms with Gasteiger partial charge in [-0.1, -0.05) is 30.3 Å². The van der Waals surface area contributed by atoms with Crippen molar-refractivity contribution < 1.29 is 9.90 Å². The molecule has 1 rings (SSSR count). The minimum Gasteiger partial charge on any atom is -0.480 e. The molecular weight excluding hydrogens is 197 g/mol. The van der Waals surface area contributed by atoms with Crippen LogP contribution in [0.2, 0.25) is 0 Å². The quantitative estimate of drug-likeness (QED) is 0.732. The second-order valence-corrected chi connectivity index (χ2v) is 2.87. The Morgan fingerprint density at radius 2 is 2.00 bits per heavy atom. The molecule has 0 saturated heterocycles. The van der Waals surface area contributed by atoms with Gasteiger partial charge in [-0.05, 0) is 19.0 Å². The van der Waals surface area contributed by atoms with E-state index in [0.717, 1.165) is 5.56 Å². The summed E-state index contributed by atoms with van der Waals surface area (Å²) in [5.41, 5.74) is 1.03. The van der Waals surface area contributed by atoms with E-state index in [4.69, 9.17) is 5.11 Å². The number of nitrogens with one attached hydrogen (secondary N) is 1. The van der Waals surface area contributed by atoms with Crippen LogP contribution in [0.5, 0.6) is 0 Å². The van der Waals surface area contributed by atoms with Crippen molar-refractivity contribution in [3.8, 4) is 0 Å². The van der Waals surface area contributed by atoms with E-state index in [9.17, 15) is 4.79 Å². The Bertz CT molecular complexity index is 277. The van der Waals surface area contributed by atoms with Crippen LogP contribution in [0.1, 0.15) is 5.56 Å². The van der Waals surface area contributed by atoms with Crippen LogP contribution in [0, 0.1) is 0 Å². The topological polar surface area (TPSA) is 49.3 Å². The number of carboxylic acids is 1. The minimum atomic E-state index is -0.814. The SMILES string of the molecule is CNC(Cc1ccccc1)C(=O)O.P. The number of carboxylic acid groups (broad SMARTS) is 1. The summed E-state index contributed by atoms with van der Waals surface area (Å²) in [6.07, 6.45) is 0.521. The second-order valence-electron chi connectivity index (χ2n) is 2.87. The zero-order valence-corrected chi connectivity index (χ0v) is 9.65. The molecule has 0 aliphatic carbocycles. The zero-order chi connectivity index (χ0) is 9.68. The first-order chi connectivity index (χ1) is 6.24. The van der Waals surface area contributed by atoms with E-state index in [-0.39, 0.29) is 9.90 Å². The highest BCUT2D eigenvalue weighted by Gasteiger charge is 2.14. The van der Waals surface area contributed by atoms with Gasteiger partial charge in [0.15, 0.2) is 0 Å². The van der Waals surface area contributed by atoms with Crippen molar-refractivity contribution in [3.63, 3.8) is 0 Å². The summed E-state index contributed by atoms with van der Waals surface area (Å²) in [5.74, 6) is -0.814. The van der Waals surface area contributed by atoms with E-state index in [1.807, 2.05) is 30.3 Å². The lowest BCUT2D eigenvalue weighted by Gasteiger charge is -2.10. The average molecular weight is 213 g/mol. The maximum absolute atomic E-state index is 10.7. The summed E-state index contributed by atoms with van der Waals surface area (Å²) < 4.78 is 0. The third-order valence-corrected chi connectivity index (χ3v) is 1.93. The molecule has 0 radical (unpaired) electrons. The van der Waals surface area contributed by atoms with Crippen molar-refractivity contribution in [3.05, 3.63) is 35.9 Å². The highest BCUT2D eigenvalue weighted by molar-refractivity contribution is 6.92. The second kappa shape index (κ2) is 6.52. The van der Waals surface area contributed by atoms with Crippen LogP contribution in [0.15, 0.2) is 30.3 Å². The van der Waals surface area contributed by atoms with E-state index in [1.165, 1.54) is 0 Å². The summed E-state index contributed by atoms with van der Waals surface area (Å²) in [5, 5.41) is 11.5. The van der Waals surface area contributed by atoms with Gasteiger partial charge in [-0.3, -0.25) is 4.79 Å². The van der Waals surface area contributed by atoms with Crippen LogP contribution in [0.25, 0.3) is 0 Å². The largest absolute Gasteiger partial charge is 0.480 e. The fourth-order valence-corrected chi connectivity index (χ4v) is 1.16. The molecule has 0 aliphatic heterocycles. The highest BCUT2D eigenvalue weighted by Crippen LogP contribution is 2.02. The Morgan fingerprint density at radius 1 is 1.43 bits per heavy atom. The Labute approximate surface area is 87.1 Å². The number of carbonyl (C=O) groups is 1. The third-order valence-electron chi connectivity index (χ3n) is 1.93. The normalized spacial score (nSPS) is 11.5. The van der Waals surface area contributed by atoms with Gasteiger partial charge in [0, 0.05) is 0 Å². The standard InChI is InChI=1S/C10H13NO2.H3P/c1-11-9(10(12)13)7-8-5-3-2-4-6-8;/h2-6,9,11H,7H2,1H3,(H,12,13);1H3. The first-order valence-electron chi connectivity index (χ1n) is 4.18. The molecule has 2 unspecified atom stereocenters. The number of aliphatic carboxylic acids is 1. The maximum atomic E-state index is 10.7. The molecule has 1 aromatic rings. The summed E-state index contributed by atoms with van der Waals surface area (Å²) in [4.78, 5) is 10.7. The monoisotopic (exact) mass is 213 g/mol. The molecule has 0 heterocycles. The summed E-state index contributed by atoms with van der Waals surface area (Å²) >= 11 is 0. The third kappa shape index (κ3) is 3.86. The van der Waals surface area contributed by atoms with Crippen molar-refractivity contribution in [2.24, 2.45) is 0 Å². The summed E-state index contributed by atoms with van der Waals surface area (Å²) in [7, 11) is 1.65. The molecule has 0 spiro atoms. The van der Waals surface area contributed by atoms with Gasteiger partial charge in [-0.25, -0.2) is 0 Å². The van der Waals surface area contributed by atoms with Crippen LogP contribution in [-0.4, -0.2) is 24.2 Å². The number of hydrogen-bond acceptors (Lipinski definition) is 2. The molecule has 0 aliphatic rings. The molecule has 0 amide bonds. The molecule has 2 N–H and O–H groups in total. The lowest BCUT2D eigenvalue weighted by Crippen LogP contribution is -2.35. The van der Waals surface area contributed by atoms with Crippen molar-refractivity contribution in [2.45, 2.75) is 12.5 Å². The van der Waals surface area contributed by atoms with Crippen LogP contribution < -0.4 is 5.32 Å². The average Bonchev–Trinajstić information content (AvgIpc) is 2.15. The fraction of sp³-hybridized carbons (Fsp3) is 0.300. The number of rotatable bonds is 4. The zero-order valence-electron chi connectivity index (χ0n) is 8.23. The van der Waals surface area contributed by atoms with Gasteiger partial charge >= 0.3 is 5.97 Å². The maximum Gasteiger partial charge on any atom is 0.321 e. The van der Waals surface area contributed by atoms with Crippen LogP contribution in [0.4, 0.5) is 0 Å². The Hall–Kier alpha value is -0.920. The molecule has 3 nitrogen and oxygen atoms in total. The van der Waals surface area contributed by atoms with Crippen LogP contribution in [0.3, 0.4) is 0 Å². The predicted molar refractivity (Wildman–Crippen MR) is 61.7 cm³/mol. The van der Waals surface area contributed by atoms with E-state index in [1.54, 1.807) is 7.05 Å². The minimum absolute atomic E-state index is 0. The molecule has 0 saturated carbocycles. The van der Waals surface area contributed by atoms with Gasteiger partial charge < -0.3 is 10.4 Å². The fourth-order valence-electron chi connectivity index (χ4n) is 1.16. The van der Waals surface area contributed by atoms with Gasteiger partial charge in [0.25, 0.3) is 0 Å². The van der Waals surface area contributed by atoms with E-state index in [2.05, 4.69) is 5.32 Å². The molecule has 2 atom stereocenters. The van der Waals surface area contributed by atoms with Crippen molar-refractivity contribution >= 4 is 15.9 Å². The summed E-state index contributed by atoms with van der Waals surface area (Å²) in [6.45, 7) is 0. The van der Waals surface area contributed by atoms with E-state index < -0.39 is 12.0 Å². The number of benzene rings is 1. The van der Waals surface area contributed by atoms with E-state index >= 15 is 0 Å². The Morgan fingerprint density at radius 3 is 2.43 bits per heavy atom.